The molecule has 2 rings (SSSR count). The number of methoxy groups -OCH3 is 1. The Balaban J connectivity index is 2.00. The largest absolute Gasteiger partial charge is 0.479 e. The highest BCUT2D eigenvalue weighted by Crippen LogP contribution is 2.39. The maximum absolute atomic E-state index is 10.8. The van der Waals surface area contributed by atoms with Crippen LogP contribution in [0.2, 0.25) is 0 Å². The topological polar surface area (TPSA) is 46.5 Å². The molecule has 1 aliphatic rings. The first-order valence-corrected chi connectivity index (χ1v) is 5.55. The van der Waals surface area contributed by atoms with Gasteiger partial charge in [-0.25, -0.2) is 4.79 Å². The monoisotopic (exact) mass is 220 g/mol. The maximum Gasteiger partial charge on any atom is 0.333 e. The highest BCUT2D eigenvalue weighted by atomic mass is 16.5. The van der Waals surface area contributed by atoms with E-state index >= 15 is 0 Å². The molecule has 1 atom stereocenters. The van der Waals surface area contributed by atoms with Gasteiger partial charge in [0.05, 0.1) is 0 Å². The minimum Gasteiger partial charge on any atom is -0.479 e. The van der Waals surface area contributed by atoms with Crippen LogP contribution in [-0.2, 0) is 16.0 Å². The maximum atomic E-state index is 10.8. The number of hydrogen-bond donors (Lipinski definition) is 1. The number of carboxylic acid groups (broad SMARTS) is 1. The van der Waals surface area contributed by atoms with Gasteiger partial charge in [0.15, 0.2) is 6.10 Å². The van der Waals surface area contributed by atoms with E-state index in [-0.39, 0.29) is 0 Å². The number of carboxylic acids is 1. The number of carbonyl (C=O) groups is 1. The Kier molecular flexibility index (Phi) is 3.25. The van der Waals surface area contributed by atoms with Gasteiger partial charge in [-0.2, -0.15) is 0 Å². The zero-order valence-corrected chi connectivity index (χ0v) is 9.35. The van der Waals surface area contributed by atoms with E-state index in [0.29, 0.717) is 6.42 Å². The van der Waals surface area contributed by atoms with Crippen LogP contribution in [0.3, 0.4) is 0 Å². The molecule has 1 N–H and O–H groups in total. The number of aliphatic carboxylic acids is 1. The van der Waals surface area contributed by atoms with Crippen LogP contribution in [0.25, 0.3) is 0 Å². The summed E-state index contributed by atoms with van der Waals surface area (Å²) in [6, 6.07) is 8.20. The van der Waals surface area contributed by atoms with E-state index < -0.39 is 12.1 Å². The Morgan fingerprint density at radius 2 is 2.06 bits per heavy atom. The van der Waals surface area contributed by atoms with Crippen molar-refractivity contribution in [1.82, 2.24) is 0 Å². The molecule has 0 saturated heterocycles. The lowest BCUT2D eigenvalue weighted by Crippen LogP contribution is -2.24. The molecule has 3 heteroatoms. The second-order valence-electron chi connectivity index (χ2n) is 4.28. The van der Waals surface area contributed by atoms with Crippen molar-refractivity contribution in [2.75, 3.05) is 7.11 Å². The fourth-order valence-electron chi connectivity index (χ4n) is 1.83. The average Bonchev–Trinajstić information content (AvgIpc) is 3.10. The average molecular weight is 220 g/mol. The lowest BCUT2D eigenvalue weighted by molar-refractivity contribution is -0.148. The first-order chi connectivity index (χ1) is 7.70. The van der Waals surface area contributed by atoms with Gasteiger partial charge in [-0.3, -0.25) is 0 Å². The van der Waals surface area contributed by atoms with Crippen molar-refractivity contribution in [3.63, 3.8) is 0 Å². The van der Waals surface area contributed by atoms with E-state index in [0.717, 1.165) is 11.5 Å². The summed E-state index contributed by atoms with van der Waals surface area (Å²) in [5, 5.41) is 8.86. The minimum atomic E-state index is -0.909. The smallest absolute Gasteiger partial charge is 0.333 e. The fourth-order valence-corrected chi connectivity index (χ4v) is 1.83. The van der Waals surface area contributed by atoms with Crippen molar-refractivity contribution in [3.8, 4) is 0 Å². The van der Waals surface area contributed by atoms with E-state index in [9.17, 15) is 4.79 Å². The van der Waals surface area contributed by atoms with Gasteiger partial charge in [-0.15, -0.1) is 0 Å². The van der Waals surface area contributed by atoms with Crippen molar-refractivity contribution in [2.24, 2.45) is 0 Å². The van der Waals surface area contributed by atoms with Crippen LogP contribution in [-0.4, -0.2) is 24.3 Å². The third kappa shape index (κ3) is 2.61. The van der Waals surface area contributed by atoms with Crippen molar-refractivity contribution < 1.29 is 14.6 Å². The van der Waals surface area contributed by atoms with Crippen LogP contribution in [0.15, 0.2) is 24.3 Å². The van der Waals surface area contributed by atoms with Crippen LogP contribution in [0.1, 0.15) is 29.9 Å². The van der Waals surface area contributed by atoms with Crippen LogP contribution < -0.4 is 0 Å². The molecule has 0 bridgehead atoms. The molecule has 1 aromatic carbocycles. The first kappa shape index (κ1) is 11.1. The molecule has 16 heavy (non-hydrogen) atoms. The van der Waals surface area contributed by atoms with Gasteiger partial charge in [-0.1, -0.05) is 24.3 Å². The molecule has 1 fully saturated rings. The Hall–Kier alpha value is -1.35. The molecule has 0 aromatic heterocycles. The minimum absolute atomic E-state index is 0.427. The predicted molar refractivity (Wildman–Crippen MR) is 60.6 cm³/mol. The van der Waals surface area contributed by atoms with Gasteiger partial charge in [0, 0.05) is 13.5 Å². The van der Waals surface area contributed by atoms with Crippen LogP contribution in [0.5, 0.6) is 0 Å². The third-order valence-corrected chi connectivity index (χ3v) is 3.01. The fraction of sp³-hybridized carbons (Fsp3) is 0.462. The molecule has 1 aromatic rings. The van der Waals surface area contributed by atoms with Gasteiger partial charge in [0.25, 0.3) is 0 Å². The molecule has 0 aliphatic heterocycles. The Labute approximate surface area is 95.0 Å². The molecular weight excluding hydrogens is 204 g/mol. The molecular formula is C13H16O3. The zero-order chi connectivity index (χ0) is 11.5. The third-order valence-electron chi connectivity index (χ3n) is 3.01. The Morgan fingerprint density at radius 3 is 2.50 bits per heavy atom. The van der Waals surface area contributed by atoms with Gasteiger partial charge >= 0.3 is 5.97 Å². The second-order valence-corrected chi connectivity index (χ2v) is 4.28. The number of rotatable bonds is 5. The lowest BCUT2D eigenvalue weighted by Gasteiger charge is -2.10. The first-order valence-electron chi connectivity index (χ1n) is 5.55. The summed E-state index contributed by atoms with van der Waals surface area (Å²) in [5.41, 5.74) is 2.38. The molecule has 3 nitrogen and oxygen atoms in total. The van der Waals surface area contributed by atoms with E-state index in [4.69, 9.17) is 9.84 Å². The SMILES string of the molecule is COC(Cc1ccc(C2CC2)cc1)C(=O)O. The van der Waals surface area contributed by atoms with Crippen molar-refractivity contribution in [1.29, 1.82) is 0 Å². The molecule has 1 aliphatic carbocycles. The van der Waals surface area contributed by atoms with Crippen molar-refractivity contribution in [3.05, 3.63) is 35.4 Å². The number of ether oxygens (including phenoxy) is 1. The molecule has 86 valence electrons. The molecule has 0 radical (unpaired) electrons. The van der Waals surface area contributed by atoms with E-state index in [1.807, 2.05) is 12.1 Å². The molecule has 0 heterocycles. The normalized spacial score (nSPS) is 17.1. The lowest BCUT2D eigenvalue weighted by atomic mass is 10.0. The summed E-state index contributed by atoms with van der Waals surface area (Å²) < 4.78 is 4.91. The summed E-state index contributed by atoms with van der Waals surface area (Å²) in [4.78, 5) is 10.8. The summed E-state index contributed by atoms with van der Waals surface area (Å²) in [7, 11) is 1.43. The highest BCUT2D eigenvalue weighted by molar-refractivity contribution is 5.72. The summed E-state index contributed by atoms with van der Waals surface area (Å²) in [5.74, 6) is -0.166. The highest BCUT2D eigenvalue weighted by Gasteiger charge is 2.23. The van der Waals surface area contributed by atoms with Crippen molar-refractivity contribution >= 4 is 5.97 Å². The quantitative estimate of drug-likeness (QED) is 0.827. The van der Waals surface area contributed by atoms with Gasteiger partial charge in [0.1, 0.15) is 0 Å². The molecule has 1 unspecified atom stereocenters. The molecule has 0 spiro atoms. The van der Waals surface area contributed by atoms with E-state index in [1.54, 1.807) is 0 Å². The van der Waals surface area contributed by atoms with Gasteiger partial charge < -0.3 is 9.84 Å². The second kappa shape index (κ2) is 4.66. The number of benzene rings is 1. The predicted octanol–water partition coefficient (Wildman–Crippen LogP) is 2.21. The summed E-state index contributed by atoms with van der Waals surface area (Å²) in [6.45, 7) is 0. The van der Waals surface area contributed by atoms with Crippen LogP contribution in [0, 0.1) is 0 Å². The van der Waals surface area contributed by atoms with Gasteiger partial charge in [-0.05, 0) is 29.9 Å². The van der Waals surface area contributed by atoms with E-state index in [2.05, 4.69) is 12.1 Å². The Bertz CT molecular complexity index is 365. The standard InChI is InChI=1S/C13H16O3/c1-16-12(13(14)15)8-9-2-4-10(5-3-9)11-6-7-11/h2-5,11-12H,6-8H2,1H3,(H,14,15). The molecule has 1 saturated carbocycles. The van der Waals surface area contributed by atoms with Crippen LogP contribution in [0.4, 0.5) is 0 Å². The molecule has 0 amide bonds. The summed E-state index contributed by atoms with van der Waals surface area (Å²) >= 11 is 0. The van der Waals surface area contributed by atoms with Crippen molar-refractivity contribution in [2.45, 2.75) is 31.3 Å². The zero-order valence-electron chi connectivity index (χ0n) is 9.35. The van der Waals surface area contributed by atoms with Crippen LogP contribution >= 0.6 is 0 Å². The Morgan fingerprint density at radius 1 is 1.44 bits per heavy atom. The van der Waals surface area contributed by atoms with Gasteiger partial charge in [0.2, 0.25) is 0 Å². The van der Waals surface area contributed by atoms with E-state index in [1.165, 1.54) is 25.5 Å². The summed E-state index contributed by atoms with van der Waals surface area (Å²) in [6.07, 6.45) is 2.26. The number of hydrogen-bond acceptors (Lipinski definition) is 2.